The molecule has 0 fully saturated rings. The zero-order chi connectivity index (χ0) is 13.7. The lowest BCUT2D eigenvalue weighted by Gasteiger charge is -2.03. The van der Waals surface area contributed by atoms with Crippen LogP contribution in [0.3, 0.4) is 0 Å². The topological polar surface area (TPSA) is 101 Å². The third kappa shape index (κ3) is 2.98. The van der Waals surface area contributed by atoms with Crippen molar-refractivity contribution in [1.29, 1.82) is 0 Å². The molecule has 2 rings (SSSR count). The van der Waals surface area contributed by atoms with Crippen LogP contribution in [0, 0.1) is 0 Å². The first kappa shape index (κ1) is 13.3. The van der Waals surface area contributed by atoms with E-state index in [2.05, 4.69) is 15.0 Å². The van der Waals surface area contributed by atoms with Gasteiger partial charge in [-0.2, -0.15) is 0 Å². The molecular weight excluding hydrogens is 248 g/mol. The molecule has 2 N–H and O–H groups in total. The Bertz CT molecular complexity index is 667. The Balaban J connectivity index is 2.02. The Morgan fingerprint density at radius 3 is 2.79 bits per heavy atom. The minimum Gasteiger partial charge on any atom is -0.339 e. The van der Waals surface area contributed by atoms with Crippen molar-refractivity contribution in [2.75, 3.05) is 0 Å². The van der Waals surface area contributed by atoms with Crippen LogP contribution in [0.4, 0.5) is 0 Å². The number of imidazole rings is 1. The number of H-pyrrole nitrogens is 2. The maximum Gasteiger partial charge on any atom is 0.330 e. The van der Waals surface area contributed by atoms with Crippen LogP contribution >= 0.6 is 0 Å². The van der Waals surface area contributed by atoms with Crippen LogP contribution in [0.1, 0.15) is 32.1 Å². The van der Waals surface area contributed by atoms with Gasteiger partial charge in [-0.25, -0.2) is 9.78 Å². The molecule has 0 saturated carbocycles. The number of aldehydes is 1. The molecule has 19 heavy (non-hydrogen) atoms. The van der Waals surface area contributed by atoms with Gasteiger partial charge in [0, 0.05) is 13.0 Å². The third-order valence-corrected chi connectivity index (χ3v) is 3.02. The van der Waals surface area contributed by atoms with E-state index < -0.39 is 5.69 Å². The summed E-state index contributed by atoms with van der Waals surface area (Å²) < 4.78 is 1.18. The molecule has 7 heteroatoms. The van der Waals surface area contributed by atoms with Crippen LogP contribution in [-0.2, 0) is 11.3 Å². The zero-order valence-electron chi connectivity index (χ0n) is 10.5. The van der Waals surface area contributed by atoms with Crippen molar-refractivity contribution in [1.82, 2.24) is 19.5 Å². The molecule has 2 heterocycles. The van der Waals surface area contributed by atoms with Gasteiger partial charge in [0.05, 0.1) is 6.33 Å². The summed E-state index contributed by atoms with van der Waals surface area (Å²) in [6.07, 6.45) is 6.27. The van der Waals surface area contributed by atoms with Crippen molar-refractivity contribution in [3.8, 4) is 0 Å². The Morgan fingerprint density at radius 2 is 2.00 bits per heavy atom. The lowest BCUT2D eigenvalue weighted by atomic mass is 10.1. The van der Waals surface area contributed by atoms with Crippen LogP contribution in [0.2, 0.25) is 0 Å². The Labute approximate surface area is 108 Å². The predicted molar refractivity (Wildman–Crippen MR) is 70.1 cm³/mol. The number of carbonyl (C=O) groups excluding carboxylic acids is 1. The monoisotopic (exact) mass is 264 g/mol. The van der Waals surface area contributed by atoms with E-state index in [0.717, 1.165) is 32.0 Å². The highest BCUT2D eigenvalue weighted by atomic mass is 16.2. The van der Waals surface area contributed by atoms with E-state index in [4.69, 9.17) is 0 Å². The van der Waals surface area contributed by atoms with E-state index >= 15 is 0 Å². The standard InChI is InChI=1S/C12H16N4O3/c17-7-5-3-1-2-4-6-16-11(18)9-10(14-8-13-9)15-12(16)19/h7-8H,1-6H2,(H,13,14)(H,15,19). The predicted octanol–water partition coefficient (Wildman–Crippen LogP) is 0.562. The number of carbonyl (C=O) groups is 1. The van der Waals surface area contributed by atoms with Crippen LogP contribution in [0.5, 0.6) is 0 Å². The molecule has 0 bridgehead atoms. The summed E-state index contributed by atoms with van der Waals surface area (Å²) in [7, 11) is 0. The second-order valence-electron chi connectivity index (χ2n) is 4.38. The molecule has 0 aliphatic carbocycles. The molecular formula is C12H16N4O3. The highest BCUT2D eigenvalue weighted by Gasteiger charge is 2.08. The van der Waals surface area contributed by atoms with Gasteiger partial charge < -0.3 is 9.78 Å². The Hall–Kier alpha value is -2.18. The van der Waals surface area contributed by atoms with Gasteiger partial charge in [-0.3, -0.25) is 14.3 Å². The molecule has 7 nitrogen and oxygen atoms in total. The number of nitrogens with one attached hydrogen (secondary N) is 2. The molecule has 102 valence electrons. The average molecular weight is 264 g/mol. The molecule has 0 spiro atoms. The quantitative estimate of drug-likeness (QED) is 0.563. The van der Waals surface area contributed by atoms with E-state index in [1.54, 1.807) is 0 Å². The highest BCUT2D eigenvalue weighted by Crippen LogP contribution is 2.02. The number of hydrogen-bond acceptors (Lipinski definition) is 4. The molecule has 0 aromatic carbocycles. The van der Waals surface area contributed by atoms with Gasteiger partial charge in [0.25, 0.3) is 5.56 Å². The fourth-order valence-corrected chi connectivity index (χ4v) is 2.00. The fourth-order valence-electron chi connectivity index (χ4n) is 2.00. The first-order chi connectivity index (χ1) is 9.24. The number of hydrogen-bond donors (Lipinski definition) is 2. The number of fused-ring (bicyclic) bond motifs is 1. The summed E-state index contributed by atoms with van der Waals surface area (Å²) in [6.45, 7) is 0.379. The average Bonchev–Trinajstić information content (AvgIpc) is 2.85. The minimum absolute atomic E-state index is 0.289. The van der Waals surface area contributed by atoms with Gasteiger partial charge in [0.1, 0.15) is 11.8 Å². The third-order valence-electron chi connectivity index (χ3n) is 3.02. The second kappa shape index (κ2) is 6.12. The van der Waals surface area contributed by atoms with Crippen LogP contribution in [-0.4, -0.2) is 25.8 Å². The van der Waals surface area contributed by atoms with Crippen LogP contribution < -0.4 is 11.2 Å². The molecule has 2 aromatic heterocycles. The van der Waals surface area contributed by atoms with Crippen molar-refractivity contribution in [3.05, 3.63) is 27.2 Å². The van der Waals surface area contributed by atoms with Gasteiger partial charge in [-0.15, -0.1) is 0 Å². The number of aromatic nitrogens is 4. The van der Waals surface area contributed by atoms with Gasteiger partial charge in [-0.05, 0) is 12.8 Å². The van der Waals surface area contributed by atoms with E-state index in [0.29, 0.717) is 18.5 Å². The second-order valence-corrected chi connectivity index (χ2v) is 4.38. The lowest BCUT2D eigenvalue weighted by molar-refractivity contribution is -0.107. The van der Waals surface area contributed by atoms with E-state index in [9.17, 15) is 14.4 Å². The van der Waals surface area contributed by atoms with Crippen LogP contribution in [0.15, 0.2) is 15.9 Å². The number of aromatic amines is 2. The van der Waals surface area contributed by atoms with Crippen molar-refractivity contribution < 1.29 is 4.79 Å². The fraction of sp³-hybridized carbons (Fsp3) is 0.500. The molecule has 0 amide bonds. The summed E-state index contributed by atoms with van der Waals surface area (Å²) in [5, 5.41) is 0. The van der Waals surface area contributed by atoms with E-state index in [1.807, 2.05) is 0 Å². The molecule has 0 aliphatic rings. The normalized spacial score (nSPS) is 10.9. The molecule has 0 unspecified atom stereocenters. The number of nitrogens with zero attached hydrogens (tertiary/aromatic N) is 2. The van der Waals surface area contributed by atoms with Crippen molar-refractivity contribution in [2.45, 2.75) is 38.6 Å². The zero-order valence-corrected chi connectivity index (χ0v) is 10.5. The van der Waals surface area contributed by atoms with Crippen molar-refractivity contribution in [3.63, 3.8) is 0 Å². The maximum absolute atomic E-state index is 12.0. The summed E-state index contributed by atoms with van der Waals surface area (Å²) in [4.78, 5) is 43.0. The van der Waals surface area contributed by atoms with Gasteiger partial charge in [0.2, 0.25) is 0 Å². The molecule has 0 atom stereocenters. The summed E-state index contributed by atoms with van der Waals surface area (Å²) >= 11 is 0. The van der Waals surface area contributed by atoms with E-state index in [-0.39, 0.29) is 11.2 Å². The van der Waals surface area contributed by atoms with Gasteiger partial charge in [0.15, 0.2) is 5.65 Å². The molecule has 0 aliphatic heterocycles. The van der Waals surface area contributed by atoms with Gasteiger partial charge >= 0.3 is 5.69 Å². The Morgan fingerprint density at radius 1 is 1.21 bits per heavy atom. The molecule has 0 radical (unpaired) electrons. The van der Waals surface area contributed by atoms with Crippen LogP contribution in [0.25, 0.3) is 11.2 Å². The summed E-state index contributed by atoms with van der Waals surface area (Å²) in [5.74, 6) is 0. The van der Waals surface area contributed by atoms with E-state index in [1.165, 1.54) is 10.9 Å². The molecule has 0 saturated heterocycles. The van der Waals surface area contributed by atoms with Crippen molar-refractivity contribution in [2.24, 2.45) is 0 Å². The Kier molecular flexibility index (Phi) is 4.27. The van der Waals surface area contributed by atoms with Gasteiger partial charge in [-0.1, -0.05) is 12.8 Å². The largest absolute Gasteiger partial charge is 0.339 e. The number of rotatable bonds is 7. The lowest BCUT2D eigenvalue weighted by Crippen LogP contribution is -2.35. The number of unbranched alkanes of at least 4 members (excludes halogenated alkanes) is 4. The minimum atomic E-state index is -0.433. The first-order valence-corrected chi connectivity index (χ1v) is 6.34. The molecule has 2 aromatic rings. The SMILES string of the molecule is O=CCCCCCCn1c(=O)[nH]c2nc[nH]c2c1=O. The highest BCUT2D eigenvalue weighted by molar-refractivity contribution is 5.67. The summed E-state index contributed by atoms with van der Waals surface area (Å²) in [6, 6.07) is 0. The van der Waals surface area contributed by atoms with Crippen molar-refractivity contribution >= 4 is 17.5 Å². The smallest absolute Gasteiger partial charge is 0.330 e. The summed E-state index contributed by atoms with van der Waals surface area (Å²) in [5.41, 5.74) is -0.167. The first-order valence-electron chi connectivity index (χ1n) is 6.34. The maximum atomic E-state index is 12.0.